The summed E-state index contributed by atoms with van der Waals surface area (Å²) in [4.78, 5) is 0. The van der Waals surface area contributed by atoms with Crippen LogP contribution in [-0.2, 0) is 0 Å². The highest BCUT2D eigenvalue weighted by atomic mass is 79.9. The highest BCUT2D eigenvalue weighted by Gasteiger charge is 2.12. The van der Waals surface area contributed by atoms with Gasteiger partial charge in [-0.25, -0.2) is 0 Å². The van der Waals surface area contributed by atoms with Crippen LogP contribution in [0.4, 0.5) is 0 Å². The molecule has 1 rings (SSSR count). The zero-order valence-corrected chi connectivity index (χ0v) is 10.7. The average Bonchev–Trinajstić information content (AvgIpc) is 2.26. The van der Waals surface area contributed by atoms with Crippen LogP contribution < -0.4 is 10.1 Å². The molecule has 1 atom stereocenters. The van der Waals surface area contributed by atoms with E-state index in [0.29, 0.717) is 0 Å². The lowest BCUT2D eigenvalue weighted by atomic mass is 10.0. The molecule has 0 fully saturated rings. The van der Waals surface area contributed by atoms with Gasteiger partial charge in [-0.1, -0.05) is 28.1 Å². The topological polar surface area (TPSA) is 21.3 Å². The lowest BCUT2D eigenvalue weighted by Gasteiger charge is -2.18. The van der Waals surface area contributed by atoms with Gasteiger partial charge in [-0.15, -0.1) is 6.58 Å². The van der Waals surface area contributed by atoms with Crippen molar-refractivity contribution < 1.29 is 4.74 Å². The second-order valence-electron chi connectivity index (χ2n) is 3.25. The van der Waals surface area contributed by atoms with Gasteiger partial charge in [0.2, 0.25) is 0 Å². The molecule has 0 heterocycles. The van der Waals surface area contributed by atoms with Crippen LogP contribution >= 0.6 is 15.9 Å². The average molecular weight is 270 g/mol. The number of halogens is 1. The maximum Gasteiger partial charge on any atom is 0.124 e. The highest BCUT2D eigenvalue weighted by Crippen LogP contribution is 2.30. The van der Waals surface area contributed by atoms with Gasteiger partial charge in [0, 0.05) is 16.1 Å². The van der Waals surface area contributed by atoms with Crippen molar-refractivity contribution >= 4 is 15.9 Å². The van der Waals surface area contributed by atoms with Crippen molar-refractivity contribution in [3.63, 3.8) is 0 Å². The van der Waals surface area contributed by atoms with Crippen molar-refractivity contribution in [2.24, 2.45) is 0 Å². The molecule has 15 heavy (non-hydrogen) atoms. The van der Waals surface area contributed by atoms with Gasteiger partial charge >= 0.3 is 0 Å². The fourth-order valence-corrected chi connectivity index (χ4v) is 1.88. The lowest BCUT2D eigenvalue weighted by molar-refractivity contribution is 0.401. The molecule has 3 heteroatoms. The van der Waals surface area contributed by atoms with Gasteiger partial charge in [0.1, 0.15) is 5.75 Å². The molecule has 2 nitrogen and oxygen atoms in total. The van der Waals surface area contributed by atoms with Crippen molar-refractivity contribution in [1.82, 2.24) is 5.32 Å². The Balaban J connectivity index is 3.04. The van der Waals surface area contributed by atoms with Crippen LogP contribution in [0.1, 0.15) is 18.0 Å². The predicted molar refractivity (Wildman–Crippen MR) is 67.3 cm³/mol. The minimum Gasteiger partial charge on any atom is -0.496 e. The maximum absolute atomic E-state index is 5.35. The minimum atomic E-state index is 0.255. The molecule has 0 saturated heterocycles. The molecule has 0 aliphatic rings. The van der Waals surface area contributed by atoms with E-state index in [-0.39, 0.29) is 6.04 Å². The van der Waals surface area contributed by atoms with E-state index in [4.69, 9.17) is 4.74 Å². The molecular weight excluding hydrogens is 254 g/mol. The normalized spacial score (nSPS) is 12.2. The van der Waals surface area contributed by atoms with Gasteiger partial charge in [0.15, 0.2) is 0 Å². The van der Waals surface area contributed by atoms with Crippen molar-refractivity contribution in [3.05, 3.63) is 40.9 Å². The summed E-state index contributed by atoms with van der Waals surface area (Å²) in [5.74, 6) is 0.894. The zero-order valence-electron chi connectivity index (χ0n) is 9.09. The first kappa shape index (κ1) is 12.3. The molecule has 0 amide bonds. The summed E-state index contributed by atoms with van der Waals surface area (Å²) in [7, 11) is 3.63. The van der Waals surface area contributed by atoms with Gasteiger partial charge in [-0.05, 0) is 25.6 Å². The fraction of sp³-hybridized carbons (Fsp3) is 0.333. The molecule has 82 valence electrons. The van der Waals surface area contributed by atoms with Crippen LogP contribution in [0.3, 0.4) is 0 Å². The number of ether oxygens (including phenoxy) is 1. The van der Waals surface area contributed by atoms with Crippen LogP contribution in [0.25, 0.3) is 0 Å². The Kier molecular flexibility index (Phi) is 4.85. The lowest BCUT2D eigenvalue weighted by Crippen LogP contribution is -2.16. The molecule has 1 aromatic rings. The van der Waals surface area contributed by atoms with Crippen molar-refractivity contribution in [2.75, 3.05) is 14.2 Å². The van der Waals surface area contributed by atoms with E-state index in [1.165, 1.54) is 0 Å². The molecule has 0 aliphatic carbocycles. The first-order chi connectivity index (χ1) is 7.22. The van der Waals surface area contributed by atoms with E-state index in [0.717, 1.165) is 22.2 Å². The molecule has 1 unspecified atom stereocenters. The Bertz CT molecular complexity index is 338. The number of rotatable bonds is 5. The molecular formula is C12H16BrNO. The van der Waals surface area contributed by atoms with Crippen LogP contribution in [0.15, 0.2) is 35.3 Å². The van der Waals surface area contributed by atoms with Crippen LogP contribution in [0.5, 0.6) is 5.75 Å². The van der Waals surface area contributed by atoms with Crippen LogP contribution in [0.2, 0.25) is 0 Å². The van der Waals surface area contributed by atoms with Gasteiger partial charge < -0.3 is 10.1 Å². The van der Waals surface area contributed by atoms with Crippen LogP contribution in [0, 0.1) is 0 Å². The smallest absolute Gasteiger partial charge is 0.124 e. The highest BCUT2D eigenvalue weighted by molar-refractivity contribution is 9.10. The predicted octanol–water partition coefficient (Wildman–Crippen LogP) is 3.29. The quantitative estimate of drug-likeness (QED) is 0.829. The molecule has 1 N–H and O–H groups in total. The molecule has 0 spiro atoms. The fourth-order valence-electron chi connectivity index (χ4n) is 1.54. The van der Waals surface area contributed by atoms with Gasteiger partial charge in [-0.2, -0.15) is 0 Å². The minimum absolute atomic E-state index is 0.255. The molecule has 0 saturated carbocycles. The van der Waals surface area contributed by atoms with Crippen molar-refractivity contribution in [3.8, 4) is 5.75 Å². The molecule has 0 aromatic heterocycles. The van der Waals surface area contributed by atoms with Gasteiger partial charge in [0.05, 0.1) is 7.11 Å². The second-order valence-corrected chi connectivity index (χ2v) is 4.17. The Morgan fingerprint density at radius 2 is 2.33 bits per heavy atom. The first-order valence-corrected chi connectivity index (χ1v) is 5.63. The standard InChI is InChI=1S/C12H16BrNO/c1-4-5-11(14-2)10-7-6-9(13)8-12(10)15-3/h4,6-8,11,14H,1,5H2,2-3H3. The van der Waals surface area contributed by atoms with E-state index in [1.807, 2.05) is 25.3 Å². The summed E-state index contributed by atoms with van der Waals surface area (Å²) >= 11 is 3.43. The summed E-state index contributed by atoms with van der Waals surface area (Å²) in [6.07, 6.45) is 2.79. The third-order valence-corrected chi connectivity index (χ3v) is 2.82. The summed E-state index contributed by atoms with van der Waals surface area (Å²) < 4.78 is 6.38. The SMILES string of the molecule is C=CCC(NC)c1ccc(Br)cc1OC. The molecule has 0 radical (unpaired) electrons. The van der Waals surface area contributed by atoms with Crippen molar-refractivity contribution in [2.45, 2.75) is 12.5 Å². The summed E-state index contributed by atoms with van der Waals surface area (Å²) in [5.41, 5.74) is 1.16. The number of hydrogen-bond donors (Lipinski definition) is 1. The maximum atomic E-state index is 5.35. The molecule has 0 bridgehead atoms. The number of benzene rings is 1. The zero-order chi connectivity index (χ0) is 11.3. The Labute approximate surface area is 99.5 Å². The van der Waals surface area contributed by atoms with E-state index in [9.17, 15) is 0 Å². The summed E-state index contributed by atoms with van der Waals surface area (Å²) in [6.45, 7) is 3.76. The number of hydrogen-bond acceptors (Lipinski definition) is 2. The van der Waals surface area contributed by atoms with Crippen LogP contribution in [-0.4, -0.2) is 14.2 Å². The van der Waals surface area contributed by atoms with E-state index >= 15 is 0 Å². The number of methoxy groups -OCH3 is 1. The van der Waals surface area contributed by atoms with E-state index in [1.54, 1.807) is 7.11 Å². The first-order valence-electron chi connectivity index (χ1n) is 4.84. The summed E-state index contributed by atoms with van der Waals surface area (Å²) in [6, 6.07) is 6.31. The third-order valence-electron chi connectivity index (χ3n) is 2.32. The van der Waals surface area contributed by atoms with Gasteiger partial charge in [-0.3, -0.25) is 0 Å². The Morgan fingerprint density at radius 3 is 2.87 bits per heavy atom. The Hall–Kier alpha value is -0.800. The molecule has 1 aromatic carbocycles. The second kappa shape index (κ2) is 5.93. The van der Waals surface area contributed by atoms with E-state index < -0.39 is 0 Å². The van der Waals surface area contributed by atoms with Crippen molar-refractivity contribution in [1.29, 1.82) is 0 Å². The largest absolute Gasteiger partial charge is 0.496 e. The molecule has 0 aliphatic heterocycles. The van der Waals surface area contributed by atoms with E-state index in [2.05, 4.69) is 33.9 Å². The summed E-state index contributed by atoms with van der Waals surface area (Å²) in [5, 5.41) is 3.25. The van der Waals surface area contributed by atoms with Gasteiger partial charge in [0.25, 0.3) is 0 Å². The Morgan fingerprint density at radius 1 is 1.60 bits per heavy atom. The monoisotopic (exact) mass is 269 g/mol. The third kappa shape index (κ3) is 3.08. The number of nitrogens with one attached hydrogen (secondary N) is 1.